The summed E-state index contributed by atoms with van der Waals surface area (Å²) in [5.41, 5.74) is 11.1. The molecule has 1 aromatic carbocycles. The van der Waals surface area contributed by atoms with Crippen LogP contribution in [0.3, 0.4) is 0 Å². The minimum absolute atomic E-state index is 0.516. The fourth-order valence-corrected chi connectivity index (χ4v) is 2.18. The molecule has 2 aromatic rings. The van der Waals surface area contributed by atoms with Gasteiger partial charge in [0.05, 0.1) is 10.4 Å². The lowest BCUT2D eigenvalue weighted by molar-refractivity contribution is 0.867. The van der Waals surface area contributed by atoms with Gasteiger partial charge in [0.15, 0.2) is 0 Å². The maximum atomic E-state index is 6.03. The number of rotatable bonds is 2. The zero-order chi connectivity index (χ0) is 10.8. The standard InChI is InChI=1S/C12H14N2S/c1-8(2)9-3-4-10(11(13)5-9)12-6-14-7-15-12/h3-8H,13H2,1-2H3. The Kier molecular flexibility index (Phi) is 2.73. The number of hydrogen-bond donors (Lipinski definition) is 1. The Morgan fingerprint density at radius 2 is 2.13 bits per heavy atom. The number of nitrogens with two attached hydrogens (primary N) is 1. The molecule has 0 saturated heterocycles. The molecule has 0 radical (unpaired) electrons. The molecular weight excluding hydrogens is 204 g/mol. The molecule has 2 N–H and O–H groups in total. The predicted molar refractivity (Wildman–Crippen MR) is 66.1 cm³/mol. The van der Waals surface area contributed by atoms with Crippen molar-refractivity contribution in [2.24, 2.45) is 0 Å². The van der Waals surface area contributed by atoms with Gasteiger partial charge in [-0.05, 0) is 17.5 Å². The molecule has 0 saturated carbocycles. The van der Waals surface area contributed by atoms with Crippen molar-refractivity contribution in [2.45, 2.75) is 19.8 Å². The van der Waals surface area contributed by atoms with E-state index in [0.29, 0.717) is 5.92 Å². The van der Waals surface area contributed by atoms with E-state index in [9.17, 15) is 0 Å². The molecule has 1 aromatic heterocycles. The summed E-state index contributed by atoms with van der Waals surface area (Å²) in [6, 6.07) is 6.27. The number of nitrogen functional groups attached to an aromatic ring is 1. The first kappa shape index (κ1) is 10.2. The van der Waals surface area contributed by atoms with E-state index in [2.05, 4.69) is 37.0 Å². The summed E-state index contributed by atoms with van der Waals surface area (Å²) in [5, 5.41) is 0. The molecule has 0 aliphatic heterocycles. The van der Waals surface area contributed by atoms with Gasteiger partial charge in [-0.1, -0.05) is 26.0 Å². The Hall–Kier alpha value is -1.35. The van der Waals surface area contributed by atoms with Gasteiger partial charge in [-0.15, -0.1) is 11.3 Å². The zero-order valence-corrected chi connectivity index (χ0v) is 9.71. The van der Waals surface area contributed by atoms with Crippen molar-refractivity contribution in [1.29, 1.82) is 0 Å². The normalized spacial score (nSPS) is 10.9. The van der Waals surface area contributed by atoms with Crippen molar-refractivity contribution >= 4 is 17.0 Å². The van der Waals surface area contributed by atoms with Crippen LogP contribution in [0.15, 0.2) is 29.9 Å². The van der Waals surface area contributed by atoms with Crippen LogP contribution in [0.1, 0.15) is 25.3 Å². The fraction of sp³-hybridized carbons (Fsp3) is 0.250. The molecule has 0 spiro atoms. The Morgan fingerprint density at radius 3 is 2.67 bits per heavy atom. The highest BCUT2D eigenvalue weighted by Gasteiger charge is 2.06. The van der Waals surface area contributed by atoms with E-state index in [1.165, 1.54) is 5.56 Å². The highest BCUT2D eigenvalue weighted by Crippen LogP contribution is 2.31. The van der Waals surface area contributed by atoms with Crippen LogP contribution in [0.4, 0.5) is 5.69 Å². The average molecular weight is 218 g/mol. The molecule has 0 aliphatic carbocycles. The van der Waals surface area contributed by atoms with Gasteiger partial charge in [-0.3, -0.25) is 4.98 Å². The van der Waals surface area contributed by atoms with E-state index in [1.54, 1.807) is 11.3 Å². The van der Waals surface area contributed by atoms with Crippen molar-refractivity contribution in [1.82, 2.24) is 4.98 Å². The number of hydrogen-bond acceptors (Lipinski definition) is 3. The molecule has 0 bridgehead atoms. The molecule has 78 valence electrons. The minimum atomic E-state index is 0.516. The SMILES string of the molecule is CC(C)c1ccc(-c2cncs2)c(N)c1. The van der Waals surface area contributed by atoms with Crippen LogP contribution in [-0.4, -0.2) is 4.98 Å². The molecule has 0 aliphatic rings. The number of thiazole rings is 1. The lowest BCUT2D eigenvalue weighted by Gasteiger charge is -2.09. The largest absolute Gasteiger partial charge is 0.398 e. The Bertz CT molecular complexity index is 447. The summed E-state index contributed by atoms with van der Waals surface area (Å²) >= 11 is 1.61. The summed E-state index contributed by atoms with van der Waals surface area (Å²) in [4.78, 5) is 5.19. The highest BCUT2D eigenvalue weighted by atomic mass is 32.1. The molecule has 1 heterocycles. The molecule has 2 rings (SSSR count). The van der Waals surface area contributed by atoms with Gasteiger partial charge in [0.2, 0.25) is 0 Å². The maximum Gasteiger partial charge on any atom is 0.0797 e. The Balaban J connectivity index is 2.44. The number of aromatic nitrogens is 1. The molecule has 0 fully saturated rings. The van der Waals surface area contributed by atoms with Gasteiger partial charge in [0.25, 0.3) is 0 Å². The van der Waals surface area contributed by atoms with Gasteiger partial charge in [-0.2, -0.15) is 0 Å². The first-order valence-electron chi connectivity index (χ1n) is 4.96. The molecule has 2 nitrogen and oxygen atoms in total. The van der Waals surface area contributed by atoms with Crippen LogP contribution in [0.25, 0.3) is 10.4 Å². The van der Waals surface area contributed by atoms with Crippen LogP contribution in [0.5, 0.6) is 0 Å². The summed E-state index contributed by atoms with van der Waals surface area (Å²) in [6.45, 7) is 4.34. The first-order valence-corrected chi connectivity index (χ1v) is 5.84. The average Bonchev–Trinajstić information content (AvgIpc) is 2.70. The van der Waals surface area contributed by atoms with Crippen LogP contribution in [-0.2, 0) is 0 Å². The maximum absolute atomic E-state index is 6.03. The summed E-state index contributed by atoms with van der Waals surface area (Å²) in [5.74, 6) is 0.516. The van der Waals surface area contributed by atoms with E-state index in [4.69, 9.17) is 5.73 Å². The smallest absolute Gasteiger partial charge is 0.0797 e. The summed E-state index contributed by atoms with van der Waals surface area (Å²) in [7, 11) is 0. The van der Waals surface area contributed by atoms with Crippen LogP contribution in [0, 0.1) is 0 Å². The van der Waals surface area contributed by atoms with Gasteiger partial charge in [0.1, 0.15) is 0 Å². The molecule has 0 atom stereocenters. The fourth-order valence-electron chi connectivity index (χ4n) is 1.51. The lowest BCUT2D eigenvalue weighted by atomic mass is 10.00. The second-order valence-corrected chi connectivity index (χ2v) is 4.75. The molecular formula is C12H14N2S. The minimum Gasteiger partial charge on any atom is -0.398 e. The number of anilines is 1. The molecule has 0 unspecified atom stereocenters. The summed E-state index contributed by atoms with van der Waals surface area (Å²) in [6.07, 6.45) is 1.85. The van der Waals surface area contributed by atoms with E-state index in [-0.39, 0.29) is 0 Å². The topological polar surface area (TPSA) is 38.9 Å². The second kappa shape index (κ2) is 4.03. The molecule has 3 heteroatoms. The van der Waals surface area contributed by atoms with Crippen LogP contribution in [0.2, 0.25) is 0 Å². The van der Waals surface area contributed by atoms with Crippen molar-refractivity contribution in [3.05, 3.63) is 35.5 Å². The van der Waals surface area contributed by atoms with E-state index < -0.39 is 0 Å². The third-order valence-corrected chi connectivity index (χ3v) is 3.25. The third kappa shape index (κ3) is 2.02. The Morgan fingerprint density at radius 1 is 1.33 bits per heavy atom. The number of benzene rings is 1. The molecule has 0 amide bonds. The quantitative estimate of drug-likeness (QED) is 0.783. The Labute approximate surface area is 93.8 Å². The van der Waals surface area contributed by atoms with Crippen molar-refractivity contribution in [3.8, 4) is 10.4 Å². The zero-order valence-electron chi connectivity index (χ0n) is 8.90. The third-order valence-electron chi connectivity index (χ3n) is 2.44. The van der Waals surface area contributed by atoms with Crippen molar-refractivity contribution in [3.63, 3.8) is 0 Å². The number of nitrogens with zero attached hydrogens (tertiary/aromatic N) is 1. The van der Waals surface area contributed by atoms with Gasteiger partial charge in [0, 0.05) is 17.4 Å². The predicted octanol–water partition coefficient (Wildman–Crippen LogP) is 3.52. The van der Waals surface area contributed by atoms with Gasteiger partial charge in [-0.25, -0.2) is 0 Å². The van der Waals surface area contributed by atoms with E-state index >= 15 is 0 Å². The van der Waals surface area contributed by atoms with Crippen LogP contribution < -0.4 is 5.73 Å². The first-order chi connectivity index (χ1) is 7.18. The molecule has 15 heavy (non-hydrogen) atoms. The van der Waals surface area contributed by atoms with Gasteiger partial charge >= 0.3 is 0 Å². The van der Waals surface area contributed by atoms with Crippen LogP contribution >= 0.6 is 11.3 Å². The van der Waals surface area contributed by atoms with E-state index in [1.807, 2.05) is 11.7 Å². The summed E-state index contributed by atoms with van der Waals surface area (Å²) < 4.78 is 0. The van der Waals surface area contributed by atoms with E-state index in [0.717, 1.165) is 16.1 Å². The van der Waals surface area contributed by atoms with Crippen molar-refractivity contribution in [2.75, 3.05) is 5.73 Å². The highest BCUT2D eigenvalue weighted by molar-refractivity contribution is 7.13. The lowest BCUT2D eigenvalue weighted by Crippen LogP contribution is -1.93. The second-order valence-electron chi connectivity index (χ2n) is 3.87. The monoisotopic (exact) mass is 218 g/mol. The van der Waals surface area contributed by atoms with Crippen molar-refractivity contribution < 1.29 is 0 Å². The van der Waals surface area contributed by atoms with Gasteiger partial charge < -0.3 is 5.73 Å².